The zero-order chi connectivity index (χ0) is 17.7. The van der Waals surface area contributed by atoms with Crippen molar-refractivity contribution in [2.24, 2.45) is 16.7 Å². The maximum atomic E-state index is 7.20. The van der Waals surface area contributed by atoms with Crippen LogP contribution in [0.25, 0.3) is 0 Å². The smallest absolute Gasteiger partial charge is 0.0816 e. The van der Waals surface area contributed by atoms with Crippen LogP contribution in [0.4, 0.5) is 0 Å². The standard InChI is InChI=1S/C23H31NO/c1-15-13-23-12-7-6-11-21(23,4)20(3)14-17(22(5,25-23)19(15)20)18-10-8-9-16(2)24-18/h8-10,17,19H,1,6-7,11-14H2,2-5H3/t17-,19?,20?,21?,22?,23?/m1/s1. The lowest BCUT2D eigenvalue weighted by molar-refractivity contribution is -0.322. The summed E-state index contributed by atoms with van der Waals surface area (Å²) in [5, 5.41) is 0. The first-order valence-corrected chi connectivity index (χ1v) is 10.1. The molecule has 5 aliphatic rings. The van der Waals surface area contributed by atoms with E-state index in [0.29, 0.717) is 11.8 Å². The molecule has 4 bridgehead atoms. The molecule has 0 amide bonds. The van der Waals surface area contributed by atoms with E-state index in [1.54, 1.807) is 0 Å². The van der Waals surface area contributed by atoms with Crippen molar-refractivity contribution in [2.45, 2.75) is 83.3 Å². The van der Waals surface area contributed by atoms with Crippen LogP contribution in [0.5, 0.6) is 0 Å². The minimum Gasteiger partial charge on any atom is -0.367 e. The SMILES string of the molecule is C=C1CC23CCCCC2(C)C2(C)C[C@H](c4cccc(C)n4)C(C)(O3)C12. The summed E-state index contributed by atoms with van der Waals surface area (Å²) < 4.78 is 7.20. The number of fused-ring (bicyclic) bond motifs is 1. The average Bonchev–Trinajstić information content (AvgIpc) is 2.76. The molecule has 3 heterocycles. The van der Waals surface area contributed by atoms with E-state index in [4.69, 9.17) is 9.72 Å². The fourth-order valence-electron chi connectivity index (χ4n) is 7.84. The largest absolute Gasteiger partial charge is 0.367 e. The van der Waals surface area contributed by atoms with Crippen molar-refractivity contribution >= 4 is 0 Å². The maximum Gasteiger partial charge on any atom is 0.0816 e. The first-order valence-electron chi connectivity index (χ1n) is 10.1. The Bertz CT molecular complexity index is 771. The summed E-state index contributed by atoms with van der Waals surface area (Å²) in [5.74, 6) is 0.830. The minimum atomic E-state index is -0.151. The summed E-state index contributed by atoms with van der Waals surface area (Å²) in [6, 6.07) is 6.47. The Morgan fingerprint density at radius 2 is 1.92 bits per heavy atom. The molecule has 6 rings (SSSR count). The predicted octanol–water partition coefficient (Wildman–Crippen LogP) is 5.57. The van der Waals surface area contributed by atoms with Gasteiger partial charge in [-0.05, 0) is 57.1 Å². The number of ether oxygens (including phenoxy) is 1. The normalized spacial score (nSPS) is 50.8. The number of aromatic nitrogens is 1. The molecule has 0 radical (unpaired) electrons. The average molecular weight is 338 g/mol. The van der Waals surface area contributed by atoms with Gasteiger partial charge in [0.15, 0.2) is 0 Å². The molecule has 2 saturated heterocycles. The number of rotatable bonds is 1. The van der Waals surface area contributed by atoms with Crippen molar-refractivity contribution in [1.82, 2.24) is 4.98 Å². The predicted molar refractivity (Wildman–Crippen MR) is 100 cm³/mol. The lowest BCUT2D eigenvalue weighted by Gasteiger charge is -2.71. The first-order chi connectivity index (χ1) is 11.8. The molecule has 134 valence electrons. The van der Waals surface area contributed by atoms with Crippen LogP contribution >= 0.6 is 0 Å². The molecule has 0 N–H and O–H groups in total. The van der Waals surface area contributed by atoms with Crippen molar-refractivity contribution in [3.63, 3.8) is 0 Å². The van der Waals surface area contributed by atoms with Crippen LogP contribution in [-0.4, -0.2) is 16.2 Å². The molecule has 1 aromatic rings. The van der Waals surface area contributed by atoms with Crippen molar-refractivity contribution in [2.75, 3.05) is 0 Å². The van der Waals surface area contributed by atoms with Gasteiger partial charge in [0.2, 0.25) is 0 Å². The van der Waals surface area contributed by atoms with E-state index in [0.717, 1.165) is 12.1 Å². The van der Waals surface area contributed by atoms with Gasteiger partial charge in [-0.3, -0.25) is 4.98 Å². The lowest BCUT2D eigenvalue weighted by atomic mass is 9.41. The van der Waals surface area contributed by atoms with E-state index in [2.05, 4.69) is 52.5 Å². The summed E-state index contributed by atoms with van der Waals surface area (Å²) in [5.41, 5.74) is 4.17. The van der Waals surface area contributed by atoms with Crippen LogP contribution in [0, 0.1) is 23.7 Å². The van der Waals surface area contributed by atoms with Gasteiger partial charge in [-0.1, -0.05) is 44.9 Å². The monoisotopic (exact) mass is 337 g/mol. The number of pyridine rings is 1. The second kappa shape index (κ2) is 4.57. The van der Waals surface area contributed by atoms with Gasteiger partial charge >= 0.3 is 0 Å². The molecule has 2 nitrogen and oxygen atoms in total. The maximum absolute atomic E-state index is 7.20. The third-order valence-electron chi connectivity index (χ3n) is 8.91. The molecular weight excluding hydrogens is 306 g/mol. The van der Waals surface area contributed by atoms with E-state index >= 15 is 0 Å². The summed E-state index contributed by atoms with van der Waals surface area (Å²) in [6.45, 7) is 14.2. The summed E-state index contributed by atoms with van der Waals surface area (Å²) in [4.78, 5) is 4.93. The Hall–Kier alpha value is -1.15. The highest BCUT2D eigenvalue weighted by atomic mass is 16.5. The number of hydrogen-bond donors (Lipinski definition) is 0. The second-order valence-electron chi connectivity index (χ2n) is 9.97. The highest BCUT2D eigenvalue weighted by molar-refractivity contribution is 5.40. The van der Waals surface area contributed by atoms with Gasteiger partial charge in [0.1, 0.15) is 0 Å². The molecule has 2 heteroatoms. The third-order valence-corrected chi connectivity index (χ3v) is 8.91. The van der Waals surface area contributed by atoms with Gasteiger partial charge < -0.3 is 4.74 Å². The van der Waals surface area contributed by atoms with Gasteiger partial charge in [-0.25, -0.2) is 0 Å². The highest BCUT2D eigenvalue weighted by Crippen LogP contribution is 2.80. The molecule has 6 atom stereocenters. The summed E-state index contributed by atoms with van der Waals surface area (Å²) >= 11 is 0. The van der Waals surface area contributed by atoms with Crippen molar-refractivity contribution in [1.29, 1.82) is 0 Å². The summed E-state index contributed by atoms with van der Waals surface area (Å²) in [6.07, 6.45) is 7.41. The van der Waals surface area contributed by atoms with Crippen LogP contribution in [0.15, 0.2) is 30.4 Å². The fraction of sp³-hybridized carbons (Fsp3) is 0.696. The van der Waals surface area contributed by atoms with Crippen LogP contribution < -0.4 is 0 Å². The Balaban J connectivity index is 1.72. The van der Waals surface area contributed by atoms with E-state index in [9.17, 15) is 0 Å². The third kappa shape index (κ3) is 1.64. The quantitative estimate of drug-likeness (QED) is 0.625. The molecule has 2 aliphatic heterocycles. The fourth-order valence-corrected chi connectivity index (χ4v) is 7.84. The number of hydrogen-bond acceptors (Lipinski definition) is 2. The van der Waals surface area contributed by atoms with Gasteiger partial charge in [-0.15, -0.1) is 0 Å². The minimum absolute atomic E-state index is 0.000835. The molecule has 25 heavy (non-hydrogen) atoms. The van der Waals surface area contributed by atoms with Gasteiger partial charge in [0.05, 0.1) is 11.2 Å². The molecule has 0 aromatic carbocycles. The van der Waals surface area contributed by atoms with Gasteiger partial charge in [0, 0.05) is 28.6 Å². The lowest BCUT2D eigenvalue weighted by Crippen LogP contribution is -2.72. The Labute approximate surface area is 152 Å². The van der Waals surface area contributed by atoms with Gasteiger partial charge in [-0.2, -0.15) is 0 Å². The molecule has 3 saturated carbocycles. The summed E-state index contributed by atoms with van der Waals surface area (Å²) in [7, 11) is 0. The molecule has 5 unspecified atom stereocenters. The topological polar surface area (TPSA) is 22.1 Å². The second-order valence-corrected chi connectivity index (χ2v) is 9.97. The molecule has 1 aromatic heterocycles. The van der Waals surface area contributed by atoms with Crippen molar-refractivity contribution in [3.05, 3.63) is 41.7 Å². The number of nitrogens with zero attached hydrogens (tertiary/aromatic N) is 1. The molecule has 1 spiro atoms. The Morgan fingerprint density at radius 1 is 1.16 bits per heavy atom. The zero-order valence-electron chi connectivity index (χ0n) is 16.2. The van der Waals surface area contributed by atoms with E-state index < -0.39 is 0 Å². The van der Waals surface area contributed by atoms with E-state index in [1.165, 1.54) is 43.4 Å². The van der Waals surface area contributed by atoms with Crippen LogP contribution in [0.2, 0.25) is 0 Å². The van der Waals surface area contributed by atoms with Crippen LogP contribution in [-0.2, 0) is 4.74 Å². The first kappa shape index (κ1) is 16.1. The van der Waals surface area contributed by atoms with E-state index in [1.807, 2.05) is 0 Å². The highest BCUT2D eigenvalue weighted by Gasteiger charge is 2.79. The molecule has 5 fully saturated rings. The van der Waals surface area contributed by atoms with Crippen LogP contribution in [0.1, 0.15) is 76.6 Å². The van der Waals surface area contributed by atoms with Crippen molar-refractivity contribution < 1.29 is 4.74 Å². The zero-order valence-corrected chi connectivity index (χ0v) is 16.2. The van der Waals surface area contributed by atoms with E-state index in [-0.39, 0.29) is 22.0 Å². The van der Waals surface area contributed by atoms with Crippen molar-refractivity contribution in [3.8, 4) is 0 Å². The van der Waals surface area contributed by atoms with Gasteiger partial charge in [0.25, 0.3) is 0 Å². The molecular formula is C23H31NO. The Kier molecular flexibility index (Phi) is 2.94. The van der Waals surface area contributed by atoms with Crippen LogP contribution in [0.3, 0.4) is 0 Å². The Morgan fingerprint density at radius 3 is 2.68 bits per heavy atom. The molecule has 3 aliphatic carbocycles. The number of aryl methyl sites for hydroxylation is 1.